The highest BCUT2D eigenvalue weighted by Crippen LogP contribution is 2.33. The molecule has 0 bridgehead atoms. The van der Waals surface area contributed by atoms with E-state index in [2.05, 4.69) is 86.1 Å². The van der Waals surface area contributed by atoms with Crippen LogP contribution >= 0.6 is 0 Å². The van der Waals surface area contributed by atoms with Gasteiger partial charge in [-0.3, -0.25) is 0 Å². The highest BCUT2D eigenvalue weighted by molar-refractivity contribution is 5.99. The summed E-state index contributed by atoms with van der Waals surface area (Å²) in [5, 5.41) is 23.7. The van der Waals surface area contributed by atoms with E-state index in [9.17, 15) is 5.21 Å². The molecule has 2 heterocycles. The molecule has 2 aromatic carbocycles. The van der Waals surface area contributed by atoms with Crippen LogP contribution in [0.4, 0.5) is 17.3 Å². The Kier molecular flexibility index (Phi) is 11.0. The van der Waals surface area contributed by atoms with E-state index in [-0.39, 0.29) is 0 Å². The molecule has 0 aliphatic rings. The van der Waals surface area contributed by atoms with E-state index >= 15 is 0 Å². The van der Waals surface area contributed by atoms with Gasteiger partial charge in [0.05, 0.1) is 5.71 Å². The third-order valence-electron chi connectivity index (χ3n) is 8.23. The molecular weight excluding hydrogens is 544 g/mol. The van der Waals surface area contributed by atoms with Gasteiger partial charge in [-0.25, -0.2) is 9.97 Å². The molecule has 0 aliphatic carbocycles. The Morgan fingerprint density at radius 1 is 0.636 bits per heavy atom. The molecule has 0 atom stereocenters. The third-order valence-corrected chi connectivity index (χ3v) is 8.23. The number of oxime groups is 1. The van der Waals surface area contributed by atoms with Crippen molar-refractivity contribution in [2.24, 2.45) is 5.16 Å². The number of hydrogen-bond donors (Lipinski definition) is 4. The quantitative estimate of drug-likeness (QED) is 0.0707. The minimum Gasteiger partial charge on any atom is -0.411 e. The molecule has 232 valence electrons. The van der Waals surface area contributed by atoms with Gasteiger partial charge in [-0.05, 0) is 135 Å². The van der Waals surface area contributed by atoms with Gasteiger partial charge in [0, 0.05) is 42.3 Å². The van der Waals surface area contributed by atoms with Gasteiger partial charge in [0.2, 0.25) is 0 Å². The average molecular weight is 593 g/mol. The van der Waals surface area contributed by atoms with Crippen LogP contribution in [0.3, 0.4) is 0 Å². The predicted octanol–water partition coefficient (Wildman–Crippen LogP) is 8.43. The molecule has 0 aliphatic heterocycles. The standard InChI is InChI=1S/C37H48N6O/c1-9-30-33(20-38-29-14-12-13-28(19-29)27(8)43-44)31(10-2)35(22-40-37-18-24(5)16-26(7)42-37)32(11-3)34(30)21-39-36-17-23(4)15-25(6)41-36/h12-19,38,44H,9-11,20-22H2,1-8H3,(H,39,41)(H,40,42)/b43-27+. The number of hydrogen-bond acceptors (Lipinski definition) is 7. The average Bonchev–Trinajstić information content (AvgIpc) is 2.99. The summed E-state index contributed by atoms with van der Waals surface area (Å²) in [6.07, 6.45) is 2.79. The first-order valence-corrected chi connectivity index (χ1v) is 15.8. The lowest BCUT2D eigenvalue weighted by Crippen LogP contribution is -2.19. The largest absolute Gasteiger partial charge is 0.411 e. The normalized spacial score (nSPS) is 11.5. The Hall–Kier alpha value is -4.39. The molecule has 7 nitrogen and oxygen atoms in total. The van der Waals surface area contributed by atoms with Crippen molar-refractivity contribution in [1.29, 1.82) is 0 Å². The fraction of sp³-hybridized carbons (Fsp3) is 0.378. The summed E-state index contributed by atoms with van der Waals surface area (Å²) in [6, 6.07) is 16.5. The van der Waals surface area contributed by atoms with E-state index in [0.717, 1.165) is 53.5 Å². The molecule has 0 unspecified atom stereocenters. The minimum atomic E-state index is 0.589. The molecule has 0 saturated heterocycles. The van der Waals surface area contributed by atoms with Crippen molar-refractivity contribution >= 4 is 23.0 Å². The first kappa shape index (κ1) is 32.5. The number of nitrogens with one attached hydrogen (secondary N) is 3. The highest BCUT2D eigenvalue weighted by atomic mass is 16.4. The fourth-order valence-electron chi connectivity index (χ4n) is 6.34. The summed E-state index contributed by atoms with van der Waals surface area (Å²) in [5.41, 5.74) is 15.1. The zero-order valence-corrected chi connectivity index (χ0v) is 27.7. The summed E-state index contributed by atoms with van der Waals surface area (Å²) in [7, 11) is 0. The first-order chi connectivity index (χ1) is 21.2. The third kappa shape index (κ3) is 7.76. The lowest BCUT2D eigenvalue weighted by atomic mass is 9.83. The van der Waals surface area contributed by atoms with Gasteiger partial charge in [-0.15, -0.1) is 0 Å². The number of pyridine rings is 2. The smallest absolute Gasteiger partial charge is 0.126 e. The zero-order valence-electron chi connectivity index (χ0n) is 27.7. The number of rotatable bonds is 13. The van der Waals surface area contributed by atoms with E-state index in [0.29, 0.717) is 25.3 Å². The van der Waals surface area contributed by atoms with Crippen LogP contribution in [0.1, 0.15) is 89.2 Å². The van der Waals surface area contributed by atoms with Crippen molar-refractivity contribution in [3.05, 3.63) is 110 Å². The molecule has 4 aromatic rings. The molecule has 4 rings (SSSR count). The van der Waals surface area contributed by atoms with Crippen LogP contribution < -0.4 is 16.0 Å². The monoisotopic (exact) mass is 592 g/mol. The number of aromatic nitrogens is 2. The van der Waals surface area contributed by atoms with Gasteiger partial charge in [0.15, 0.2) is 0 Å². The van der Waals surface area contributed by atoms with Crippen molar-refractivity contribution in [2.75, 3.05) is 16.0 Å². The predicted molar refractivity (Wildman–Crippen MR) is 184 cm³/mol. The highest BCUT2D eigenvalue weighted by Gasteiger charge is 2.22. The first-order valence-electron chi connectivity index (χ1n) is 15.8. The van der Waals surface area contributed by atoms with Crippen molar-refractivity contribution in [2.45, 2.75) is 94.3 Å². The van der Waals surface area contributed by atoms with Crippen molar-refractivity contribution in [3.8, 4) is 0 Å². The van der Waals surface area contributed by atoms with E-state index in [4.69, 9.17) is 9.97 Å². The minimum absolute atomic E-state index is 0.589. The van der Waals surface area contributed by atoms with Crippen LogP contribution in [0, 0.1) is 27.7 Å². The van der Waals surface area contributed by atoms with Crippen molar-refractivity contribution < 1.29 is 5.21 Å². The summed E-state index contributed by atoms with van der Waals surface area (Å²) in [5.74, 6) is 1.81. The molecule has 0 fully saturated rings. The topological polar surface area (TPSA) is 94.5 Å². The number of aryl methyl sites for hydroxylation is 4. The van der Waals surface area contributed by atoms with E-state index in [1.165, 1.54) is 44.5 Å². The lowest BCUT2D eigenvalue weighted by Gasteiger charge is -2.27. The van der Waals surface area contributed by atoms with Crippen LogP contribution in [0.2, 0.25) is 0 Å². The molecule has 2 aromatic heterocycles. The van der Waals surface area contributed by atoms with Gasteiger partial charge in [0.1, 0.15) is 11.6 Å². The van der Waals surface area contributed by atoms with Crippen LogP contribution in [0.25, 0.3) is 0 Å². The summed E-state index contributed by atoms with van der Waals surface area (Å²) in [4.78, 5) is 9.53. The molecule has 7 heteroatoms. The molecule has 44 heavy (non-hydrogen) atoms. The summed E-state index contributed by atoms with van der Waals surface area (Å²) >= 11 is 0. The molecular formula is C37H48N6O. The fourth-order valence-corrected chi connectivity index (χ4v) is 6.34. The molecule has 4 N–H and O–H groups in total. The van der Waals surface area contributed by atoms with Crippen LogP contribution in [0.15, 0.2) is 53.7 Å². The molecule has 0 spiro atoms. The van der Waals surface area contributed by atoms with Gasteiger partial charge < -0.3 is 21.2 Å². The summed E-state index contributed by atoms with van der Waals surface area (Å²) < 4.78 is 0. The maximum Gasteiger partial charge on any atom is 0.126 e. The van der Waals surface area contributed by atoms with E-state index in [1.54, 1.807) is 6.92 Å². The van der Waals surface area contributed by atoms with E-state index in [1.807, 2.05) is 32.0 Å². The maximum atomic E-state index is 9.31. The Bertz CT molecular complexity index is 1520. The van der Waals surface area contributed by atoms with Crippen LogP contribution in [-0.2, 0) is 38.9 Å². The maximum absolute atomic E-state index is 9.31. The second-order valence-electron chi connectivity index (χ2n) is 11.6. The zero-order chi connectivity index (χ0) is 31.8. The van der Waals surface area contributed by atoms with Crippen LogP contribution in [0.5, 0.6) is 0 Å². The Morgan fingerprint density at radius 2 is 1.09 bits per heavy atom. The number of nitrogens with zero attached hydrogens (tertiary/aromatic N) is 3. The lowest BCUT2D eigenvalue weighted by molar-refractivity contribution is 0.319. The number of benzene rings is 2. The van der Waals surface area contributed by atoms with Gasteiger partial charge in [-0.1, -0.05) is 38.1 Å². The van der Waals surface area contributed by atoms with Crippen LogP contribution in [-0.4, -0.2) is 20.9 Å². The van der Waals surface area contributed by atoms with Gasteiger partial charge in [0.25, 0.3) is 0 Å². The molecule has 0 saturated carbocycles. The Balaban J connectivity index is 1.80. The SMILES string of the molecule is CCc1c(CNc2cccc(/C(C)=N/O)c2)c(CC)c(CNc2cc(C)cc(C)n2)c(CC)c1CNc1cc(C)cc(C)n1. The second kappa shape index (κ2) is 14.9. The molecule has 0 amide bonds. The second-order valence-corrected chi connectivity index (χ2v) is 11.6. The van der Waals surface area contributed by atoms with Gasteiger partial charge in [-0.2, -0.15) is 0 Å². The van der Waals surface area contributed by atoms with E-state index < -0.39 is 0 Å². The Labute approximate surface area is 263 Å². The van der Waals surface area contributed by atoms with Gasteiger partial charge >= 0.3 is 0 Å². The van der Waals surface area contributed by atoms with Crippen molar-refractivity contribution in [1.82, 2.24) is 9.97 Å². The number of anilines is 3. The molecule has 0 radical (unpaired) electrons. The summed E-state index contributed by atoms with van der Waals surface area (Å²) in [6.45, 7) is 19.0. The van der Waals surface area contributed by atoms with Crippen molar-refractivity contribution in [3.63, 3.8) is 0 Å². The Morgan fingerprint density at radius 3 is 1.50 bits per heavy atom.